The average molecular weight is 280 g/mol. The summed E-state index contributed by atoms with van der Waals surface area (Å²) in [5, 5.41) is 0. The Morgan fingerprint density at radius 2 is 2.21 bits per heavy atom. The van der Waals surface area contributed by atoms with Gasteiger partial charge in [-0.15, -0.1) is 11.6 Å². The molecule has 14 heavy (non-hydrogen) atoms. The molecule has 2 nitrogen and oxygen atoms in total. The highest BCUT2D eigenvalue weighted by atomic mass is 79.9. The predicted octanol–water partition coefficient (Wildman–Crippen LogP) is 3.47. The van der Waals surface area contributed by atoms with Crippen LogP contribution in [0.2, 0.25) is 0 Å². The van der Waals surface area contributed by atoms with Crippen molar-refractivity contribution in [3.8, 4) is 11.5 Å². The number of halogens is 2. The van der Waals surface area contributed by atoms with Crippen molar-refractivity contribution in [3.05, 3.63) is 22.7 Å². The van der Waals surface area contributed by atoms with Crippen molar-refractivity contribution >= 4 is 27.5 Å². The van der Waals surface area contributed by atoms with Gasteiger partial charge in [-0.3, -0.25) is 0 Å². The van der Waals surface area contributed by atoms with Gasteiger partial charge < -0.3 is 9.47 Å². The number of para-hydroxylation sites is 1. The molecule has 0 aromatic heterocycles. The summed E-state index contributed by atoms with van der Waals surface area (Å²) in [6.45, 7) is 0.600. The SMILES string of the molecule is COc1cccc(Br)c1OCCCCl. The van der Waals surface area contributed by atoms with E-state index in [0.717, 1.165) is 22.4 Å². The van der Waals surface area contributed by atoms with Crippen LogP contribution in [0.1, 0.15) is 6.42 Å². The second-order valence-corrected chi connectivity index (χ2v) is 3.89. The van der Waals surface area contributed by atoms with Crippen molar-refractivity contribution < 1.29 is 9.47 Å². The lowest BCUT2D eigenvalue weighted by Crippen LogP contribution is -2.00. The van der Waals surface area contributed by atoms with Crippen molar-refractivity contribution in [3.63, 3.8) is 0 Å². The number of rotatable bonds is 5. The van der Waals surface area contributed by atoms with Crippen LogP contribution < -0.4 is 9.47 Å². The van der Waals surface area contributed by atoms with E-state index in [2.05, 4.69) is 15.9 Å². The summed E-state index contributed by atoms with van der Waals surface area (Å²) in [6, 6.07) is 5.68. The molecule has 0 fully saturated rings. The minimum absolute atomic E-state index is 0.600. The Bertz CT molecular complexity index is 291. The predicted molar refractivity (Wildman–Crippen MR) is 61.5 cm³/mol. The van der Waals surface area contributed by atoms with E-state index in [1.165, 1.54) is 0 Å². The first-order chi connectivity index (χ1) is 6.79. The van der Waals surface area contributed by atoms with E-state index in [1.807, 2.05) is 18.2 Å². The molecule has 1 aromatic rings. The zero-order valence-corrected chi connectivity index (χ0v) is 10.3. The maximum atomic E-state index is 5.56. The molecule has 1 rings (SSSR count). The third kappa shape index (κ3) is 3.07. The van der Waals surface area contributed by atoms with Crippen LogP contribution in [0.5, 0.6) is 11.5 Å². The summed E-state index contributed by atoms with van der Waals surface area (Å²) < 4.78 is 11.6. The van der Waals surface area contributed by atoms with Gasteiger partial charge in [0.05, 0.1) is 18.2 Å². The second kappa shape index (κ2) is 6.14. The fraction of sp³-hybridized carbons (Fsp3) is 0.400. The summed E-state index contributed by atoms with van der Waals surface area (Å²) in [6.07, 6.45) is 0.825. The third-order valence-electron chi connectivity index (χ3n) is 1.68. The molecular weight excluding hydrogens is 267 g/mol. The van der Waals surface area contributed by atoms with Crippen LogP contribution in [0.25, 0.3) is 0 Å². The average Bonchev–Trinajstić information content (AvgIpc) is 2.20. The Morgan fingerprint density at radius 3 is 2.86 bits per heavy atom. The highest BCUT2D eigenvalue weighted by molar-refractivity contribution is 9.10. The van der Waals surface area contributed by atoms with Crippen LogP contribution in [0.15, 0.2) is 22.7 Å². The summed E-state index contributed by atoms with van der Waals surface area (Å²) >= 11 is 8.96. The molecule has 0 spiro atoms. The van der Waals surface area contributed by atoms with Gasteiger partial charge >= 0.3 is 0 Å². The number of alkyl halides is 1. The lowest BCUT2D eigenvalue weighted by molar-refractivity contribution is 0.293. The van der Waals surface area contributed by atoms with Crippen LogP contribution in [0.3, 0.4) is 0 Å². The zero-order valence-electron chi connectivity index (χ0n) is 7.93. The van der Waals surface area contributed by atoms with E-state index in [-0.39, 0.29) is 0 Å². The van der Waals surface area contributed by atoms with Gasteiger partial charge in [0.25, 0.3) is 0 Å². The number of benzene rings is 1. The lowest BCUT2D eigenvalue weighted by atomic mass is 10.3. The Balaban J connectivity index is 2.72. The van der Waals surface area contributed by atoms with Crippen LogP contribution in [0.4, 0.5) is 0 Å². The minimum Gasteiger partial charge on any atom is -0.493 e. The highest BCUT2D eigenvalue weighted by Gasteiger charge is 2.07. The van der Waals surface area contributed by atoms with Crippen molar-refractivity contribution in [2.45, 2.75) is 6.42 Å². The minimum atomic E-state index is 0.600. The molecule has 1 aromatic carbocycles. The second-order valence-electron chi connectivity index (χ2n) is 2.66. The monoisotopic (exact) mass is 278 g/mol. The molecule has 0 atom stereocenters. The van der Waals surface area contributed by atoms with Crippen LogP contribution in [-0.4, -0.2) is 19.6 Å². The number of hydrogen-bond acceptors (Lipinski definition) is 2. The molecule has 0 radical (unpaired) electrons. The molecule has 0 amide bonds. The Kier molecular flexibility index (Phi) is 5.12. The van der Waals surface area contributed by atoms with Gasteiger partial charge in [-0.05, 0) is 34.5 Å². The van der Waals surface area contributed by atoms with Gasteiger partial charge in [-0.25, -0.2) is 0 Å². The topological polar surface area (TPSA) is 18.5 Å². The third-order valence-corrected chi connectivity index (χ3v) is 2.57. The van der Waals surface area contributed by atoms with E-state index in [9.17, 15) is 0 Å². The molecule has 0 unspecified atom stereocenters. The number of hydrogen-bond donors (Lipinski definition) is 0. The quantitative estimate of drug-likeness (QED) is 0.607. The Labute approximate surface area is 97.3 Å². The maximum absolute atomic E-state index is 5.56. The molecule has 0 saturated carbocycles. The molecule has 4 heteroatoms. The van der Waals surface area contributed by atoms with E-state index in [1.54, 1.807) is 7.11 Å². The molecule has 0 bridgehead atoms. The van der Waals surface area contributed by atoms with E-state index < -0.39 is 0 Å². The van der Waals surface area contributed by atoms with E-state index in [4.69, 9.17) is 21.1 Å². The van der Waals surface area contributed by atoms with Gasteiger partial charge in [0.2, 0.25) is 0 Å². The van der Waals surface area contributed by atoms with Crippen molar-refractivity contribution in [1.29, 1.82) is 0 Å². The van der Waals surface area contributed by atoms with Crippen molar-refractivity contribution in [2.75, 3.05) is 19.6 Å². The molecular formula is C10H12BrClO2. The summed E-state index contributed by atoms with van der Waals surface area (Å²) in [7, 11) is 1.62. The van der Waals surface area contributed by atoms with E-state index in [0.29, 0.717) is 12.5 Å². The first-order valence-corrected chi connectivity index (χ1v) is 5.63. The molecule has 0 heterocycles. The highest BCUT2D eigenvalue weighted by Crippen LogP contribution is 2.34. The first kappa shape index (κ1) is 11.7. The smallest absolute Gasteiger partial charge is 0.175 e. The molecule has 0 aliphatic rings. The largest absolute Gasteiger partial charge is 0.493 e. The standard InChI is InChI=1S/C10H12BrClO2/c1-13-9-5-2-4-8(11)10(9)14-7-3-6-12/h2,4-5H,3,6-7H2,1H3. The van der Waals surface area contributed by atoms with Gasteiger partial charge in [-0.2, -0.15) is 0 Å². The molecule has 0 saturated heterocycles. The van der Waals surface area contributed by atoms with Crippen LogP contribution in [0, 0.1) is 0 Å². The fourth-order valence-corrected chi connectivity index (χ4v) is 1.59. The van der Waals surface area contributed by atoms with E-state index >= 15 is 0 Å². The molecule has 78 valence electrons. The van der Waals surface area contributed by atoms with Crippen molar-refractivity contribution in [2.24, 2.45) is 0 Å². The Hall–Kier alpha value is -0.410. The van der Waals surface area contributed by atoms with Gasteiger partial charge in [-0.1, -0.05) is 6.07 Å². The summed E-state index contributed by atoms with van der Waals surface area (Å²) in [5.41, 5.74) is 0. The van der Waals surface area contributed by atoms with Crippen LogP contribution >= 0.6 is 27.5 Å². The molecule has 0 aliphatic carbocycles. The van der Waals surface area contributed by atoms with Gasteiger partial charge in [0.15, 0.2) is 11.5 Å². The number of methoxy groups -OCH3 is 1. The van der Waals surface area contributed by atoms with Crippen molar-refractivity contribution in [1.82, 2.24) is 0 Å². The first-order valence-electron chi connectivity index (χ1n) is 4.31. The molecule has 0 N–H and O–H groups in total. The molecule has 0 aliphatic heterocycles. The fourth-order valence-electron chi connectivity index (χ4n) is 1.02. The normalized spacial score (nSPS) is 9.93. The maximum Gasteiger partial charge on any atom is 0.175 e. The summed E-state index contributed by atoms with van der Waals surface area (Å²) in [4.78, 5) is 0. The summed E-state index contributed by atoms with van der Waals surface area (Å²) in [5.74, 6) is 2.07. The zero-order chi connectivity index (χ0) is 10.4. The number of ether oxygens (including phenoxy) is 2. The van der Waals surface area contributed by atoms with Gasteiger partial charge in [0.1, 0.15) is 0 Å². The van der Waals surface area contributed by atoms with Crippen LogP contribution in [-0.2, 0) is 0 Å². The Morgan fingerprint density at radius 1 is 1.43 bits per heavy atom. The lowest BCUT2D eigenvalue weighted by Gasteiger charge is -2.11. The van der Waals surface area contributed by atoms with Gasteiger partial charge in [0, 0.05) is 5.88 Å².